The molecule has 0 spiro atoms. The summed E-state index contributed by atoms with van der Waals surface area (Å²) >= 11 is 0. The molecule has 172 valence electrons. The lowest BCUT2D eigenvalue weighted by Gasteiger charge is -2.43. The Labute approximate surface area is 195 Å². The van der Waals surface area contributed by atoms with Crippen LogP contribution >= 0.6 is 0 Å². The second-order valence-corrected chi connectivity index (χ2v) is 9.13. The Morgan fingerprint density at radius 1 is 0.970 bits per heavy atom. The largest absolute Gasteiger partial charge is 0.495 e. The van der Waals surface area contributed by atoms with Gasteiger partial charge >= 0.3 is 0 Å². The average molecular weight is 445 g/mol. The lowest BCUT2D eigenvalue weighted by Crippen LogP contribution is -2.52. The number of nitrogens with zero attached hydrogens (tertiary/aromatic N) is 4. The first-order chi connectivity index (χ1) is 16.2. The van der Waals surface area contributed by atoms with Crippen LogP contribution in [0.2, 0.25) is 0 Å². The van der Waals surface area contributed by atoms with Gasteiger partial charge in [0.2, 0.25) is 5.95 Å². The molecule has 1 aliphatic heterocycles. The molecule has 1 fully saturated rings. The van der Waals surface area contributed by atoms with Gasteiger partial charge in [-0.15, -0.1) is 0 Å². The van der Waals surface area contributed by atoms with Gasteiger partial charge in [-0.2, -0.15) is 0 Å². The molecule has 1 aliphatic carbocycles. The van der Waals surface area contributed by atoms with Crippen molar-refractivity contribution in [2.75, 3.05) is 18.7 Å². The maximum absolute atomic E-state index is 13.8. The first kappa shape index (κ1) is 21.7. The van der Waals surface area contributed by atoms with Crippen molar-refractivity contribution in [2.24, 2.45) is 0 Å². The van der Waals surface area contributed by atoms with Crippen molar-refractivity contribution in [3.63, 3.8) is 0 Å². The highest BCUT2D eigenvalue weighted by Gasteiger charge is 2.33. The lowest BCUT2D eigenvalue weighted by atomic mass is 9.94. The number of hydrogen-bond donors (Lipinski definition) is 0. The van der Waals surface area contributed by atoms with E-state index in [0.29, 0.717) is 31.7 Å². The summed E-state index contributed by atoms with van der Waals surface area (Å²) in [6.45, 7) is 3.24. The van der Waals surface area contributed by atoms with E-state index in [1.807, 2.05) is 54.0 Å². The van der Waals surface area contributed by atoms with Gasteiger partial charge in [-0.25, -0.2) is 4.98 Å². The zero-order valence-corrected chi connectivity index (χ0v) is 19.5. The highest BCUT2D eigenvalue weighted by atomic mass is 16.5. The van der Waals surface area contributed by atoms with Gasteiger partial charge < -0.3 is 4.74 Å². The van der Waals surface area contributed by atoms with Crippen LogP contribution < -0.4 is 15.2 Å². The van der Waals surface area contributed by atoms with Crippen LogP contribution in [0.3, 0.4) is 0 Å². The molecule has 1 saturated carbocycles. The molecule has 5 rings (SSSR count). The molecule has 1 aromatic heterocycles. The number of methoxy groups -OCH3 is 1. The third kappa shape index (κ3) is 4.27. The maximum atomic E-state index is 13.8. The van der Waals surface area contributed by atoms with Crippen molar-refractivity contribution >= 4 is 11.6 Å². The Hall–Kier alpha value is -3.12. The normalized spacial score (nSPS) is 17.1. The number of ether oxygens (including phenoxy) is 1. The first-order valence-electron chi connectivity index (χ1n) is 11.9. The van der Waals surface area contributed by atoms with Gasteiger partial charge in [0, 0.05) is 18.0 Å². The van der Waals surface area contributed by atoms with Crippen molar-refractivity contribution in [3.05, 3.63) is 81.8 Å². The van der Waals surface area contributed by atoms with Crippen LogP contribution in [0, 0.1) is 6.92 Å². The summed E-state index contributed by atoms with van der Waals surface area (Å²) in [6, 6.07) is 18.6. The molecule has 3 aromatic rings. The van der Waals surface area contributed by atoms with Gasteiger partial charge in [0.25, 0.3) is 5.56 Å². The number of para-hydroxylation sites is 2. The number of hydrogen-bond acceptors (Lipinski definition) is 5. The molecule has 2 aromatic carbocycles. The standard InChI is InChI=1S/C27H32N4O2/c1-20-23(17-21-11-5-3-6-12-21)26(32)31-19-29(22-13-7-4-8-14-22)18-30(27(31)28-20)24-15-9-10-16-25(24)33-2/h3,5-6,9-12,15-16,22H,4,7-8,13-14,17-19H2,1-2H3. The molecule has 0 unspecified atom stereocenters. The minimum Gasteiger partial charge on any atom is -0.495 e. The fraction of sp³-hybridized carbons (Fsp3) is 0.407. The van der Waals surface area contributed by atoms with Gasteiger partial charge in [-0.05, 0) is 37.5 Å². The smallest absolute Gasteiger partial charge is 0.259 e. The van der Waals surface area contributed by atoms with E-state index < -0.39 is 0 Å². The molecule has 2 aliphatic rings. The van der Waals surface area contributed by atoms with Crippen molar-refractivity contribution in [2.45, 2.75) is 58.2 Å². The van der Waals surface area contributed by atoms with Gasteiger partial charge in [-0.3, -0.25) is 19.2 Å². The highest BCUT2D eigenvalue weighted by molar-refractivity contribution is 5.66. The van der Waals surface area contributed by atoms with Crippen LogP contribution in [0.4, 0.5) is 11.6 Å². The molecule has 0 atom stereocenters. The summed E-state index contributed by atoms with van der Waals surface area (Å²) in [4.78, 5) is 23.4. The fourth-order valence-corrected chi connectivity index (χ4v) is 5.21. The quantitative estimate of drug-likeness (QED) is 0.563. The molecule has 0 bridgehead atoms. The van der Waals surface area contributed by atoms with E-state index in [2.05, 4.69) is 21.9 Å². The van der Waals surface area contributed by atoms with Crippen LogP contribution in [-0.2, 0) is 13.1 Å². The van der Waals surface area contributed by atoms with Crippen LogP contribution in [0.1, 0.15) is 48.9 Å². The predicted octanol–water partition coefficient (Wildman–Crippen LogP) is 4.85. The van der Waals surface area contributed by atoms with Crippen LogP contribution in [0.15, 0.2) is 59.4 Å². The predicted molar refractivity (Wildman–Crippen MR) is 131 cm³/mol. The first-order valence-corrected chi connectivity index (χ1v) is 11.9. The number of fused-ring (bicyclic) bond motifs is 1. The third-order valence-electron chi connectivity index (χ3n) is 7.03. The lowest BCUT2D eigenvalue weighted by molar-refractivity contribution is 0.107. The van der Waals surface area contributed by atoms with E-state index in [-0.39, 0.29) is 5.56 Å². The fourth-order valence-electron chi connectivity index (χ4n) is 5.21. The topological polar surface area (TPSA) is 50.6 Å². The van der Waals surface area contributed by atoms with Crippen molar-refractivity contribution in [1.29, 1.82) is 0 Å². The molecule has 2 heterocycles. The van der Waals surface area contributed by atoms with E-state index in [1.54, 1.807) is 7.11 Å². The van der Waals surface area contributed by atoms with Gasteiger partial charge in [0.15, 0.2) is 0 Å². The summed E-state index contributed by atoms with van der Waals surface area (Å²) in [5.41, 5.74) is 3.69. The van der Waals surface area contributed by atoms with E-state index >= 15 is 0 Å². The van der Waals surface area contributed by atoms with E-state index in [1.165, 1.54) is 32.1 Å². The zero-order valence-electron chi connectivity index (χ0n) is 19.5. The zero-order chi connectivity index (χ0) is 22.8. The van der Waals surface area contributed by atoms with Crippen molar-refractivity contribution in [1.82, 2.24) is 14.5 Å². The Kier molecular flexibility index (Phi) is 6.18. The van der Waals surface area contributed by atoms with Crippen LogP contribution in [0.5, 0.6) is 5.75 Å². The monoisotopic (exact) mass is 444 g/mol. The summed E-state index contributed by atoms with van der Waals surface area (Å²) in [5, 5.41) is 0. The number of rotatable bonds is 5. The second kappa shape index (κ2) is 9.40. The maximum Gasteiger partial charge on any atom is 0.259 e. The van der Waals surface area contributed by atoms with E-state index in [0.717, 1.165) is 28.3 Å². The molecule has 33 heavy (non-hydrogen) atoms. The number of benzene rings is 2. The third-order valence-corrected chi connectivity index (χ3v) is 7.03. The summed E-state index contributed by atoms with van der Waals surface area (Å²) < 4.78 is 7.55. The minimum absolute atomic E-state index is 0.0572. The summed E-state index contributed by atoms with van der Waals surface area (Å²) in [7, 11) is 1.69. The van der Waals surface area contributed by atoms with E-state index in [4.69, 9.17) is 9.72 Å². The van der Waals surface area contributed by atoms with Crippen molar-refractivity contribution in [3.8, 4) is 5.75 Å². The number of aryl methyl sites for hydroxylation is 1. The molecule has 0 N–H and O–H groups in total. The molecule has 6 nitrogen and oxygen atoms in total. The second-order valence-electron chi connectivity index (χ2n) is 9.13. The molecule has 6 heteroatoms. The Morgan fingerprint density at radius 3 is 2.45 bits per heavy atom. The molecule has 0 radical (unpaired) electrons. The summed E-state index contributed by atoms with van der Waals surface area (Å²) in [5.74, 6) is 1.49. The molecule has 0 saturated heterocycles. The minimum atomic E-state index is 0.0572. The Morgan fingerprint density at radius 2 is 1.70 bits per heavy atom. The van der Waals surface area contributed by atoms with Crippen LogP contribution in [0.25, 0.3) is 0 Å². The Balaban J connectivity index is 1.61. The molecule has 0 amide bonds. The highest BCUT2D eigenvalue weighted by Crippen LogP contribution is 2.36. The number of aromatic nitrogens is 2. The Bertz CT molecular complexity index is 1170. The molecular weight excluding hydrogens is 412 g/mol. The average Bonchev–Trinajstić information content (AvgIpc) is 2.87. The van der Waals surface area contributed by atoms with Crippen LogP contribution in [-0.4, -0.2) is 34.3 Å². The van der Waals surface area contributed by atoms with Gasteiger partial charge in [0.1, 0.15) is 5.75 Å². The van der Waals surface area contributed by atoms with Crippen molar-refractivity contribution < 1.29 is 4.74 Å². The summed E-state index contributed by atoms with van der Waals surface area (Å²) in [6.07, 6.45) is 6.77. The number of anilines is 2. The van der Waals surface area contributed by atoms with E-state index in [9.17, 15) is 4.79 Å². The SMILES string of the molecule is COc1ccccc1N1CN(C2CCCCC2)Cn2c1nc(C)c(Cc1ccccc1)c2=O. The molecular formula is C27H32N4O2. The van der Waals surface area contributed by atoms with Gasteiger partial charge in [-0.1, -0.05) is 61.7 Å². The van der Waals surface area contributed by atoms with Gasteiger partial charge in [0.05, 0.1) is 31.8 Å².